The Balaban J connectivity index is 6.04. The number of hydrogen-bond acceptors (Lipinski definition) is 12. The summed E-state index contributed by atoms with van der Waals surface area (Å²) in [5, 5.41) is 51.6. The first-order valence-corrected chi connectivity index (χ1v) is 18.7. The Morgan fingerprint density at radius 1 is 0.603 bits per heavy atom. The summed E-state index contributed by atoms with van der Waals surface area (Å²) in [5.41, 5.74) is 11.0. The standard InChI is InChI=1S/C35H59N10O13/c1-17(2)15-20(16-46)41-32(56)22(7-6-14-39-35(37)38)44-34(58)28(18(3)4)45-29(53)19(5)40-31(55)23(9-12-26(49)50)43-33(57)24(10-13-27(51)52)42-30(54)21(36)8-11-25(47)48/h17-24,28H,6-15,36H2,1-5H3,(H,40,55)(H,41,56)(H,42,54)(H,43,57)(H,44,58)(H,45,53)(H,47,48)(H,49,50)(H,51,52)(H4,37,38,39)/t19-,20-,21-,22-,23-,24-,28-/m0/s1. The van der Waals surface area contributed by atoms with Gasteiger partial charge in [0, 0.05) is 25.8 Å². The minimum atomic E-state index is -1.63. The maximum absolute atomic E-state index is 13.5. The van der Waals surface area contributed by atoms with Crippen molar-refractivity contribution in [3.63, 3.8) is 0 Å². The summed E-state index contributed by atoms with van der Waals surface area (Å²) in [6.07, 6.45) is -0.739. The second-order valence-electron chi connectivity index (χ2n) is 14.3. The van der Waals surface area contributed by atoms with Crippen LogP contribution in [-0.2, 0) is 47.9 Å². The van der Waals surface area contributed by atoms with Crippen molar-refractivity contribution in [2.75, 3.05) is 6.54 Å². The van der Waals surface area contributed by atoms with Gasteiger partial charge in [-0.05, 0) is 57.3 Å². The lowest BCUT2D eigenvalue weighted by molar-refractivity contribution is -0.140. The Labute approximate surface area is 335 Å². The summed E-state index contributed by atoms with van der Waals surface area (Å²) in [6, 6.07) is -9.45. The monoisotopic (exact) mass is 827 g/mol. The van der Waals surface area contributed by atoms with Crippen LogP contribution < -0.4 is 48.7 Å². The number of rotatable bonds is 29. The molecule has 23 nitrogen and oxygen atoms in total. The smallest absolute Gasteiger partial charge is 0.303 e. The van der Waals surface area contributed by atoms with Gasteiger partial charge in [-0.15, -0.1) is 0 Å². The molecule has 0 spiro atoms. The van der Waals surface area contributed by atoms with Crippen molar-refractivity contribution in [2.45, 2.75) is 135 Å². The van der Waals surface area contributed by atoms with Gasteiger partial charge in [0.15, 0.2) is 5.96 Å². The van der Waals surface area contributed by atoms with E-state index in [0.717, 1.165) is 0 Å². The van der Waals surface area contributed by atoms with Crippen LogP contribution >= 0.6 is 0 Å². The van der Waals surface area contributed by atoms with Crippen LogP contribution in [0.1, 0.15) is 92.4 Å². The molecule has 0 saturated heterocycles. The molecule has 7 atom stereocenters. The Bertz CT molecular complexity index is 1480. The van der Waals surface area contributed by atoms with Crippen LogP contribution in [-0.4, -0.2) is 130 Å². The highest BCUT2D eigenvalue weighted by molar-refractivity contribution is 5.97. The average Bonchev–Trinajstić information content (AvgIpc) is 3.12. The molecule has 0 aromatic rings. The Morgan fingerprint density at radius 3 is 1.52 bits per heavy atom. The number of aliphatic carboxylic acids is 3. The quantitative estimate of drug-likeness (QED) is 0.0202. The molecule has 0 aliphatic carbocycles. The van der Waals surface area contributed by atoms with Crippen molar-refractivity contribution in [3.05, 3.63) is 0 Å². The molecule has 0 rings (SSSR count). The lowest BCUT2D eigenvalue weighted by Crippen LogP contribution is -2.60. The molecule has 15 N–H and O–H groups in total. The highest BCUT2D eigenvalue weighted by atomic mass is 16.4. The molecule has 0 fully saturated rings. The maximum Gasteiger partial charge on any atom is 0.303 e. The largest absolute Gasteiger partial charge is 0.481 e. The van der Waals surface area contributed by atoms with Crippen LogP contribution in [0.5, 0.6) is 0 Å². The van der Waals surface area contributed by atoms with E-state index in [1.807, 2.05) is 13.8 Å². The van der Waals surface area contributed by atoms with Crippen LogP contribution in [0.4, 0.5) is 0 Å². The Kier molecular flexibility index (Phi) is 24.2. The second-order valence-corrected chi connectivity index (χ2v) is 14.3. The number of carboxylic acids is 3. The van der Waals surface area contributed by atoms with Crippen LogP contribution in [0.15, 0.2) is 0 Å². The number of amides is 6. The molecule has 23 heteroatoms. The molecular weight excluding hydrogens is 768 g/mol. The van der Waals surface area contributed by atoms with E-state index in [1.54, 1.807) is 20.1 Å². The third-order valence-electron chi connectivity index (χ3n) is 8.35. The van der Waals surface area contributed by atoms with E-state index in [2.05, 4.69) is 37.2 Å². The van der Waals surface area contributed by atoms with Gasteiger partial charge < -0.3 is 64.0 Å². The number of hydrogen-bond donors (Lipinski definition) is 13. The number of nitrogens with one attached hydrogen (secondary N) is 8. The van der Waals surface area contributed by atoms with Crippen LogP contribution in [0.25, 0.3) is 0 Å². The summed E-state index contributed by atoms with van der Waals surface area (Å²) in [5.74, 6) is -10.3. The van der Waals surface area contributed by atoms with Gasteiger partial charge in [-0.3, -0.25) is 53.4 Å². The lowest BCUT2D eigenvalue weighted by atomic mass is 10.0. The summed E-state index contributed by atoms with van der Waals surface area (Å²) >= 11 is 0. The van der Waals surface area contributed by atoms with Gasteiger partial charge in [-0.1, -0.05) is 27.7 Å². The van der Waals surface area contributed by atoms with Gasteiger partial charge in [0.1, 0.15) is 30.2 Å². The highest BCUT2D eigenvalue weighted by Gasteiger charge is 2.33. The van der Waals surface area contributed by atoms with E-state index < -0.39 is 134 Å². The van der Waals surface area contributed by atoms with Gasteiger partial charge >= 0.3 is 17.9 Å². The first kappa shape index (κ1) is 52.1. The molecule has 0 aliphatic rings. The number of carboxylic acid groups (broad SMARTS) is 3. The van der Waals surface area contributed by atoms with Crippen molar-refractivity contribution in [1.82, 2.24) is 37.2 Å². The van der Waals surface area contributed by atoms with Crippen molar-refractivity contribution in [2.24, 2.45) is 23.3 Å². The number of guanidine groups is 1. The van der Waals surface area contributed by atoms with E-state index in [1.165, 1.54) is 6.92 Å². The van der Waals surface area contributed by atoms with Crippen LogP contribution in [0.2, 0.25) is 0 Å². The van der Waals surface area contributed by atoms with Gasteiger partial charge in [0.2, 0.25) is 41.7 Å². The maximum atomic E-state index is 13.5. The van der Waals surface area contributed by atoms with Crippen LogP contribution in [0.3, 0.4) is 0 Å². The normalized spacial score (nSPS) is 14.6. The fourth-order valence-corrected chi connectivity index (χ4v) is 5.17. The SMILES string of the molecule is CC(C)C[C@@H]([C]=O)NC(=O)[C@H](CCCNC(=N)N)NC(=O)[C@@H](NC(=O)[C@H](C)NC(=O)[C@H](CCC(=O)O)NC(=O)[C@H](CCC(=O)O)NC(=O)[C@@H](N)CCC(=O)O)C(C)C. The summed E-state index contributed by atoms with van der Waals surface area (Å²) in [6.45, 7) is 8.27. The van der Waals surface area contributed by atoms with E-state index in [9.17, 15) is 53.1 Å². The Morgan fingerprint density at radius 2 is 1.05 bits per heavy atom. The third-order valence-corrected chi connectivity index (χ3v) is 8.35. The van der Waals surface area contributed by atoms with Crippen LogP contribution in [0, 0.1) is 17.2 Å². The Hall–Kier alpha value is -5.87. The predicted octanol–water partition coefficient (Wildman–Crippen LogP) is -3.09. The summed E-state index contributed by atoms with van der Waals surface area (Å²) < 4.78 is 0. The average molecular weight is 828 g/mol. The minimum absolute atomic E-state index is 0.0299. The fourth-order valence-electron chi connectivity index (χ4n) is 5.17. The first-order chi connectivity index (χ1) is 27.0. The van der Waals surface area contributed by atoms with Crippen molar-refractivity contribution in [1.29, 1.82) is 5.41 Å². The lowest BCUT2D eigenvalue weighted by Gasteiger charge is -2.28. The van der Waals surface area contributed by atoms with E-state index in [-0.39, 0.29) is 44.1 Å². The van der Waals surface area contributed by atoms with Crippen molar-refractivity contribution < 1.29 is 63.3 Å². The van der Waals surface area contributed by atoms with Gasteiger partial charge in [0.05, 0.1) is 12.1 Å². The summed E-state index contributed by atoms with van der Waals surface area (Å²) in [7, 11) is 0. The third kappa shape index (κ3) is 22.0. The molecule has 0 aliphatic heterocycles. The highest BCUT2D eigenvalue weighted by Crippen LogP contribution is 2.09. The van der Waals surface area contributed by atoms with Crippen molar-refractivity contribution in [3.8, 4) is 0 Å². The molecule has 1 radical (unpaired) electrons. The number of carbonyl (C=O) groups is 9. The first-order valence-electron chi connectivity index (χ1n) is 18.7. The zero-order valence-corrected chi connectivity index (χ0v) is 33.3. The molecule has 0 saturated carbocycles. The molecule has 6 amide bonds. The molecule has 0 unspecified atom stereocenters. The second kappa shape index (κ2) is 26.9. The van der Waals surface area contributed by atoms with Gasteiger partial charge in [-0.2, -0.15) is 0 Å². The molecule has 0 aromatic heterocycles. The summed E-state index contributed by atoms with van der Waals surface area (Å²) in [4.78, 5) is 124. The van der Waals surface area contributed by atoms with E-state index >= 15 is 0 Å². The number of nitrogens with two attached hydrogens (primary N) is 2. The zero-order chi connectivity index (χ0) is 44.7. The molecule has 0 bridgehead atoms. The number of carbonyl (C=O) groups excluding carboxylic acids is 7. The topological polar surface area (TPSA) is 391 Å². The molecule has 0 heterocycles. The van der Waals surface area contributed by atoms with E-state index in [4.69, 9.17) is 27.1 Å². The van der Waals surface area contributed by atoms with Crippen molar-refractivity contribution >= 4 is 65.6 Å². The van der Waals surface area contributed by atoms with Gasteiger partial charge in [-0.25, -0.2) is 0 Å². The fraction of sp³-hybridized carbons (Fsp3) is 0.686. The van der Waals surface area contributed by atoms with Gasteiger partial charge in [0.25, 0.3) is 0 Å². The minimum Gasteiger partial charge on any atom is -0.481 e. The predicted molar refractivity (Wildman–Crippen MR) is 205 cm³/mol. The molecular formula is C35H59N10O13. The molecule has 58 heavy (non-hydrogen) atoms. The molecule has 327 valence electrons. The zero-order valence-electron chi connectivity index (χ0n) is 33.3. The van der Waals surface area contributed by atoms with E-state index in [0.29, 0.717) is 0 Å². The molecule has 0 aromatic carbocycles.